The molecule has 0 aliphatic carbocycles. The normalized spacial score (nSPS) is 15.3. The maximum Gasteiger partial charge on any atom is 0.0847 e. The van der Waals surface area contributed by atoms with E-state index in [0.29, 0.717) is 11.8 Å². The summed E-state index contributed by atoms with van der Waals surface area (Å²) in [6, 6.07) is 0. The molecule has 0 N–H and O–H groups in total. The Kier molecular flexibility index (Phi) is 4.91. The largest absolute Gasteiger partial charge is 0.268 e. The highest BCUT2D eigenvalue weighted by molar-refractivity contribution is 6.31. The van der Waals surface area contributed by atoms with Crippen molar-refractivity contribution in [2.75, 3.05) is 5.88 Å². The molecule has 1 aromatic heterocycles. The van der Waals surface area contributed by atoms with Gasteiger partial charge in [-0.25, -0.2) is 0 Å². The van der Waals surface area contributed by atoms with E-state index in [0.717, 1.165) is 29.4 Å². The van der Waals surface area contributed by atoms with E-state index < -0.39 is 0 Å². The molecule has 0 saturated carbocycles. The first-order valence-electron chi connectivity index (χ1n) is 6.13. The van der Waals surface area contributed by atoms with Gasteiger partial charge in [0.15, 0.2) is 0 Å². The number of nitrogens with zero attached hydrogens (tertiary/aromatic N) is 2. The fourth-order valence-electron chi connectivity index (χ4n) is 1.83. The Bertz CT molecular complexity index is 385. The lowest BCUT2D eigenvalue weighted by Gasteiger charge is -2.31. The van der Waals surface area contributed by atoms with Gasteiger partial charge in [-0.15, -0.1) is 11.6 Å². The number of rotatable bonds is 5. The molecule has 0 aliphatic heterocycles. The minimum absolute atomic E-state index is 0.0601. The molecule has 1 atom stereocenters. The third kappa shape index (κ3) is 2.97. The fraction of sp³-hybridized carbons (Fsp3) is 0.769. The van der Waals surface area contributed by atoms with E-state index in [1.54, 1.807) is 0 Å². The number of aryl methyl sites for hydroxylation is 2. The Morgan fingerprint density at radius 1 is 1.41 bits per heavy atom. The molecule has 0 spiro atoms. The molecule has 1 aromatic rings. The smallest absolute Gasteiger partial charge is 0.0847 e. The van der Waals surface area contributed by atoms with Gasteiger partial charge in [-0.2, -0.15) is 5.10 Å². The number of aromatic nitrogens is 2. The van der Waals surface area contributed by atoms with Gasteiger partial charge in [-0.1, -0.05) is 32.4 Å². The highest BCUT2D eigenvalue weighted by Crippen LogP contribution is 2.35. The SMILES string of the molecule is CCn1nc(C)c(Cl)c1CC(C)(CCl)C(C)C. The molecular formula is C13H22Cl2N2. The summed E-state index contributed by atoms with van der Waals surface area (Å²) in [5, 5.41) is 5.24. The standard InChI is InChI=1S/C13H22Cl2N2/c1-6-17-11(12(15)10(4)16-17)7-13(5,8-14)9(2)3/h9H,6-8H2,1-5H3. The molecule has 0 fully saturated rings. The molecule has 17 heavy (non-hydrogen) atoms. The van der Waals surface area contributed by atoms with E-state index in [1.807, 2.05) is 11.6 Å². The van der Waals surface area contributed by atoms with Gasteiger partial charge in [0.05, 0.1) is 16.4 Å². The summed E-state index contributed by atoms with van der Waals surface area (Å²) in [6.45, 7) is 11.5. The van der Waals surface area contributed by atoms with Crippen molar-refractivity contribution in [3.8, 4) is 0 Å². The maximum atomic E-state index is 6.33. The van der Waals surface area contributed by atoms with Crippen LogP contribution in [0.5, 0.6) is 0 Å². The third-order valence-electron chi connectivity index (χ3n) is 3.72. The number of hydrogen-bond donors (Lipinski definition) is 0. The molecule has 0 aromatic carbocycles. The van der Waals surface area contributed by atoms with Gasteiger partial charge in [0, 0.05) is 12.4 Å². The van der Waals surface area contributed by atoms with E-state index >= 15 is 0 Å². The molecule has 0 bridgehead atoms. The topological polar surface area (TPSA) is 17.8 Å². The first-order valence-corrected chi connectivity index (χ1v) is 7.04. The first-order chi connectivity index (χ1) is 7.85. The first kappa shape index (κ1) is 14.8. The number of alkyl halides is 1. The summed E-state index contributed by atoms with van der Waals surface area (Å²) in [5.74, 6) is 1.14. The monoisotopic (exact) mass is 276 g/mol. The number of halogens is 2. The van der Waals surface area contributed by atoms with Crippen molar-refractivity contribution in [1.82, 2.24) is 9.78 Å². The van der Waals surface area contributed by atoms with Crippen LogP contribution in [-0.4, -0.2) is 15.7 Å². The Morgan fingerprint density at radius 3 is 2.41 bits per heavy atom. The Labute approximate surface area is 114 Å². The van der Waals surface area contributed by atoms with Crippen molar-refractivity contribution in [1.29, 1.82) is 0 Å². The molecular weight excluding hydrogens is 255 g/mol. The quantitative estimate of drug-likeness (QED) is 0.733. The van der Waals surface area contributed by atoms with Gasteiger partial charge in [0.1, 0.15) is 0 Å². The molecule has 1 rings (SSSR count). The molecule has 2 nitrogen and oxygen atoms in total. The molecule has 1 unspecified atom stereocenters. The minimum atomic E-state index is 0.0601. The van der Waals surface area contributed by atoms with E-state index in [4.69, 9.17) is 23.2 Å². The average molecular weight is 277 g/mol. The third-order valence-corrected chi connectivity index (χ3v) is 4.83. The molecule has 0 saturated heterocycles. The Morgan fingerprint density at radius 2 is 2.00 bits per heavy atom. The van der Waals surface area contributed by atoms with Crippen molar-refractivity contribution in [2.24, 2.45) is 11.3 Å². The highest BCUT2D eigenvalue weighted by Gasteiger charge is 2.30. The Hall–Kier alpha value is -0.210. The summed E-state index contributed by atoms with van der Waals surface area (Å²) in [5.41, 5.74) is 2.08. The maximum absolute atomic E-state index is 6.33. The minimum Gasteiger partial charge on any atom is -0.268 e. The van der Waals surface area contributed by atoms with E-state index in [9.17, 15) is 0 Å². The van der Waals surface area contributed by atoms with Gasteiger partial charge >= 0.3 is 0 Å². The van der Waals surface area contributed by atoms with Crippen molar-refractivity contribution in [2.45, 2.75) is 47.6 Å². The van der Waals surface area contributed by atoms with Crippen LogP contribution in [0.3, 0.4) is 0 Å². The van der Waals surface area contributed by atoms with Gasteiger partial charge in [0.2, 0.25) is 0 Å². The molecule has 98 valence electrons. The molecule has 0 amide bonds. The molecule has 0 aliphatic rings. The van der Waals surface area contributed by atoms with Gasteiger partial charge in [-0.3, -0.25) is 4.68 Å². The summed E-state index contributed by atoms with van der Waals surface area (Å²) in [4.78, 5) is 0. The summed E-state index contributed by atoms with van der Waals surface area (Å²) in [6.07, 6.45) is 0.877. The van der Waals surface area contributed by atoms with Gasteiger partial charge in [0.25, 0.3) is 0 Å². The Balaban J connectivity index is 3.09. The van der Waals surface area contributed by atoms with Crippen LogP contribution in [0, 0.1) is 18.3 Å². The van der Waals surface area contributed by atoms with Crippen LogP contribution in [0.4, 0.5) is 0 Å². The highest BCUT2D eigenvalue weighted by atomic mass is 35.5. The van der Waals surface area contributed by atoms with E-state index in [2.05, 4.69) is 32.8 Å². The lowest BCUT2D eigenvalue weighted by molar-refractivity contribution is 0.247. The summed E-state index contributed by atoms with van der Waals surface area (Å²) in [7, 11) is 0. The van der Waals surface area contributed by atoms with Crippen LogP contribution >= 0.6 is 23.2 Å². The van der Waals surface area contributed by atoms with Gasteiger partial charge < -0.3 is 0 Å². The van der Waals surface area contributed by atoms with Crippen molar-refractivity contribution < 1.29 is 0 Å². The zero-order valence-electron chi connectivity index (χ0n) is 11.3. The summed E-state index contributed by atoms with van der Waals surface area (Å²) >= 11 is 12.5. The lowest BCUT2D eigenvalue weighted by Crippen LogP contribution is -2.29. The second-order valence-corrected chi connectivity index (χ2v) is 5.93. The zero-order chi connectivity index (χ0) is 13.2. The van der Waals surface area contributed by atoms with Crippen LogP contribution in [0.25, 0.3) is 0 Å². The molecule has 1 heterocycles. The fourth-order valence-corrected chi connectivity index (χ4v) is 2.43. The lowest BCUT2D eigenvalue weighted by atomic mass is 9.77. The van der Waals surface area contributed by atoms with Crippen LogP contribution in [0.1, 0.15) is 39.1 Å². The molecule has 0 radical (unpaired) electrons. The van der Waals surface area contributed by atoms with Crippen LogP contribution in [-0.2, 0) is 13.0 Å². The van der Waals surface area contributed by atoms with Crippen molar-refractivity contribution in [3.05, 3.63) is 16.4 Å². The van der Waals surface area contributed by atoms with E-state index in [1.165, 1.54) is 0 Å². The van der Waals surface area contributed by atoms with Gasteiger partial charge in [-0.05, 0) is 31.6 Å². The molecule has 4 heteroatoms. The predicted octanol–water partition coefficient (Wildman–Crippen LogP) is 4.31. The zero-order valence-corrected chi connectivity index (χ0v) is 12.9. The van der Waals surface area contributed by atoms with Crippen molar-refractivity contribution >= 4 is 23.2 Å². The van der Waals surface area contributed by atoms with E-state index in [-0.39, 0.29) is 5.41 Å². The number of hydrogen-bond acceptors (Lipinski definition) is 1. The van der Waals surface area contributed by atoms with Crippen molar-refractivity contribution in [3.63, 3.8) is 0 Å². The predicted molar refractivity (Wildman–Crippen MR) is 75.0 cm³/mol. The van der Waals surface area contributed by atoms with Crippen LogP contribution in [0.15, 0.2) is 0 Å². The average Bonchev–Trinajstić information content (AvgIpc) is 2.56. The second kappa shape index (κ2) is 5.62. The second-order valence-electron chi connectivity index (χ2n) is 5.28. The van der Waals surface area contributed by atoms with Crippen LogP contribution in [0.2, 0.25) is 5.02 Å². The summed E-state index contributed by atoms with van der Waals surface area (Å²) < 4.78 is 1.99. The van der Waals surface area contributed by atoms with Crippen LogP contribution < -0.4 is 0 Å².